The lowest BCUT2D eigenvalue weighted by Gasteiger charge is -2.30. The van der Waals surface area contributed by atoms with Crippen molar-refractivity contribution >= 4 is 23.5 Å². The van der Waals surface area contributed by atoms with Crippen LogP contribution in [-0.4, -0.2) is 35.7 Å². The minimum Gasteiger partial charge on any atom is -0.456 e. The molecule has 2 atom stereocenters. The van der Waals surface area contributed by atoms with Crippen LogP contribution in [0.2, 0.25) is 0 Å². The lowest BCUT2D eigenvalue weighted by molar-refractivity contribution is -0.156. The van der Waals surface area contributed by atoms with Crippen LogP contribution in [0.25, 0.3) is 0 Å². The van der Waals surface area contributed by atoms with E-state index in [0.29, 0.717) is 36.8 Å². The highest BCUT2D eigenvalue weighted by atomic mass is 16.6. The number of ether oxygens (including phenoxy) is 2. The molecular weight excluding hydrogens is 480 g/mol. The number of rotatable bonds is 12. The van der Waals surface area contributed by atoms with Crippen LogP contribution >= 0.6 is 0 Å². The molecule has 0 aliphatic heterocycles. The van der Waals surface area contributed by atoms with Crippen molar-refractivity contribution < 1.29 is 28.7 Å². The zero-order chi connectivity index (χ0) is 28.7. The van der Waals surface area contributed by atoms with Crippen molar-refractivity contribution in [3.63, 3.8) is 0 Å². The van der Waals surface area contributed by atoms with Gasteiger partial charge in [0.05, 0.1) is 0 Å². The van der Waals surface area contributed by atoms with Gasteiger partial charge in [0.15, 0.2) is 0 Å². The molecule has 0 aliphatic carbocycles. The minimum absolute atomic E-state index is 0.326. The third-order valence-electron chi connectivity index (χ3n) is 7.81. The molecule has 2 unspecified atom stereocenters. The largest absolute Gasteiger partial charge is 0.456 e. The maximum absolute atomic E-state index is 13.0. The zero-order valence-corrected chi connectivity index (χ0v) is 24.3. The second-order valence-corrected chi connectivity index (χ2v) is 10.3. The van der Waals surface area contributed by atoms with Crippen molar-refractivity contribution in [3.05, 3.63) is 68.8 Å². The third-order valence-corrected chi connectivity index (χ3v) is 7.81. The molecule has 206 valence electrons. The minimum atomic E-state index is -0.926. The molecule has 0 N–H and O–H groups in total. The van der Waals surface area contributed by atoms with Gasteiger partial charge in [-0.3, -0.25) is 9.59 Å². The van der Waals surface area contributed by atoms with Crippen molar-refractivity contribution in [1.29, 1.82) is 0 Å². The first-order valence-electron chi connectivity index (χ1n) is 13.5. The molecule has 0 radical (unpaired) electrons. The normalized spacial score (nSPS) is 13.4. The smallest absolute Gasteiger partial charge is 0.379 e. The van der Waals surface area contributed by atoms with Crippen molar-refractivity contribution in [2.75, 3.05) is 0 Å². The third kappa shape index (κ3) is 6.97. The summed E-state index contributed by atoms with van der Waals surface area (Å²) >= 11 is 0. The molecule has 0 heterocycles. The maximum atomic E-state index is 13.0. The van der Waals surface area contributed by atoms with E-state index in [2.05, 4.69) is 0 Å². The molecule has 0 amide bonds. The summed E-state index contributed by atoms with van der Waals surface area (Å²) in [4.78, 5) is 51.9. The van der Waals surface area contributed by atoms with Gasteiger partial charge in [-0.2, -0.15) is 0 Å². The van der Waals surface area contributed by atoms with Crippen LogP contribution in [-0.2, 0) is 19.1 Å². The summed E-state index contributed by atoms with van der Waals surface area (Å²) in [6, 6.07) is 6.95. The monoisotopic (exact) mass is 522 g/mol. The first kappa shape index (κ1) is 30.9. The highest BCUT2D eigenvalue weighted by Crippen LogP contribution is 2.26. The van der Waals surface area contributed by atoms with Crippen molar-refractivity contribution in [1.82, 2.24) is 0 Å². The summed E-state index contributed by atoms with van der Waals surface area (Å²) in [5.74, 6) is -3.65. The molecule has 2 rings (SSSR count). The number of hydrogen-bond donors (Lipinski definition) is 0. The van der Waals surface area contributed by atoms with E-state index in [1.54, 1.807) is 12.1 Å². The van der Waals surface area contributed by atoms with Gasteiger partial charge >= 0.3 is 11.9 Å². The average Bonchev–Trinajstić information content (AvgIpc) is 2.88. The molecule has 0 aromatic heterocycles. The second-order valence-electron chi connectivity index (χ2n) is 10.3. The standard InChI is InChI=1S/C32H42O6/c1-10-12-27(37-31(35)29(33)25-16-14-18(3)20(5)22(25)7)24(9)28(13-11-2)38-32(36)30(34)26-17-15-19(4)21(6)23(26)8/h14-17,24,27-28H,10-13H2,1-9H3. The number of Topliss-reactive ketones (excluding diaryl/α,β-unsaturated/α-hetero) is 2. The molecule has 0 spiro atoms. The Morgan fingerprint density at radius 2 is 0.947 bits per heavy atom. The predicted octanol–water partition coefficient (Wildman–Crippen LogP) is 6.66. The summed E-state index contributed by atoms with van der Waals surface area (Å²) < 4.78 is 11.5. The van der Waals surface area contributed by atoms with E-state index in [0.717, 1.165) is 33.4 Å². The number of carbonyl (C=O) groups is 4. The Morgan fingerprint density at radius 1 is 0.605 bits per heavy atom. The molecule has 2 aromatic rings. The molecule has 6 heteroatoms. The lowest BCUT2D eigenvalue weighted by Crippen LogP contribution is -2.38. The Hall–Kier alpha value is -3.28. The second kappa shape index (κ2) is 13.5. The maximum Gasteiger partial charge on any atom is 0.379 e. The van der Waals surface area contributed by atoms with Crippen LogP contribution in [0.15, 0.2) is 24.3 Å². The summed E-state index contributed by atoms with van der Waals surface area (Å²) in [5.41, 5.74) is 6.16. The van der Waals surface area contributed by atoms with Crippen LogP contribution in [0.1, 0.15) is 101 Å². The van der Waals surface area contributed by atoms with Gasteiger partial charge in [0.25, 0.3) is 11.6 Å². The topological polar surface area (TPSA) is 86.7 Å². The van der Waals surface area contributed by atoms with Crippen LogP contribution in [0.3, 0.4) is 0 Å². The highest BCUT2D eigenvalue weighted by Gasteiger charge is 2.34. The van der Waals surface area contributed by atoms with Gasteiger partial charge < -0.3 is 9.47 Å². The van der Waals surface area contributed by atoms with Crippen LogP contribution < -0.4 is 0 Å². The van der Waals surface area contributed by atoms with Crippen molar-refractivity contribution in [2.24, 2.45) is 5.92 Å². The Morgan fingerprint density at radius 3 is 1.26 bits per heavy atom. The van der Waals surface area contributed by atoms with E-state index in [4.69, 9.17) is 9.47 Å². The zero-order valence-electron chi connectivity index (χ0n) is 24.3. The van der Waals surface area contributed by atoms with Gasteiger partial charge in [-0.25, -0.2) is 9.59 Å². The van der Waals surface area contributed by atoms with E-state index in [1.165, 1.54) is 0 Å². The number of carbonyl (C=O) groups excluding carboxylic acids is 4. The van der Waals surface area contributed by atoms with E-state index in [-0.39, 0.29) is 0 Å². The summed E-state index contributed by atoms with van der Waals surface area (Å²) in [7, 11) is 0. The Labute approximate surface area is 227 Å². The van der Waals surface area contributed by atoms with E-state index >= 15 is 0 Å². The van der Waals surface area contributed by atoms with Crippen LogP contribution in [0.5, 0.6) is 0 Å². The number of benzene rings is 2. The molecule has 38 heavy (non-hydrogen) atoms. The summed E-state index contributed by atoms with van der Waals surface area (Å²) in [5, 5.41) is 0. The van der Waals surface area contributed by atoms with Crippen molar-refractivity contribution in [2.45, 2.75) is 100 Å². The fourth-order valence-electron chi connectivity index (χ4n) is 4.67. The predicted molar refractivity (Wildman–Crippen MR) is 149 cm³/mol. The number of hydrogen-bond acceptors (Lipinski definition) is 6. The molecule has 0 saturated heterocycles. The SMILES string of the molecule is CCCC(OC(=O)C(=O)c1ccc(C)c(C)c1C)C(C)C(CCC)OC(=O)C(=O)c1ccc(C)c(C)c1C. The fraction of sp³-hybridized carbons (Fsp3) is 0.500. The number of aryl methyl sites for hydroxylation is 2. The number of ketones is 2. The summed E-state index contributed by atoms with van der Waals surface area (Å²) in [6.45, 7) is 17.1. The number of esters is 2. The molecule has 2 aromatic carbocycles. The van der Waals surface area contributed by atoms with E-state index in [9.17, 15) is 19.2 Å². The van der Waals surface area contributed by atoms with Gasteiger partial charge in [-0.15, -0.1) is 0 Å². The first-order valence-corrected chi connectivity index (χ1v) is 13.5. The van der Waals surface area contributed by atoms with Crippen molar-refractivity contribution in [3.8, 4) is 0 Å². The van der Waals surface area contributed by atoms with E-state index in [1.807, 2.05) is 74.4 Å². The average molecular weight is 523 g/mol. The van der Waals surface area contributed by atoms with Gasteiger partial charge in [0.1, 0.15) is 12.2 Å². The molecule has 6 nitrogen and oxygen atoms in total. The molecule has 0 aliphatic rings. The van der Waals surface area contributed by atoms with Gasteiger partial charge in [-0.1, -0.05) is 57.9 Å². The molecular formula is C32H42O6. The molecule has 0 bridgehead atoms. The first-order chi connectivity index (χ1) is 17.8. The Balaban J connectivity index is 2.23. The quantitative estimate of drug-likeness (QED) is 0.176. The Bertz CT molecular complexity index is 1120. The highest BCUT2D eigenvalue weighted by molar-refractivity contribution is 6.41. The lowest BCUT2D eigenvalue weighted by atomic mass is 9.91. The van der Waals surface area contributed by atoms with Gasteiger partial charge in [0.2, 0.25) is 0 Å². The molecule has 0 saturated carbocycles. The van der Waals surface area contributed by atoms with Gasteiger partial charge in [-0.05, 0) is 87.8 Å². The summed E-state index contributed by atoms with van der Waals surface area (Å²) in [6.07, 6.45) is 1.10. The van der Waals surface area contributed by atoms with E-state index < -0.39 is 41.6 Å². The van der Waals surface area contributed by atoms with Crippen LogP contribution in [0.4, 0.5) is 0 Å². The Kier molecular flexibility index (Phi) is 11.0. The fourth-order valence-corrected chi connectivity index (χ4v) is 4.67. The molecule has 0 fully saturated rings. The van der Waals surface area contributed by atoms with Gasteiger partial charge in [0, 0.05) is 17.0 Å². The van der Waals surface area contributed by atoms with Crippen LogP contribution in [0, 0.1) is 47.5 Å².